The van der Waals surface area contributed by atoms with Crippen LogP contribution < -0.4 is 38.1 Å². The summed E-state index contributed by atoms with van der Waals surface area (Å²) in [5, 5.41) is 21.7. The van der Waals surface area contributed by atoms with Gasteiger partial charge in [-0.1, -0.05) is 34.1 Å². The molecule has 39 heavy (non-hydrogen) atoms. The highest BCUT2D eigenvalue weighted by Crippen LogP contribution is 2.11. The van der Waals surface area contributed by atoms with Crippen LogP contribution in [0.15, 0.2) is 0 Å². The number of nitrogens with one attached hydrogen (secondary N) is 5. The van der Waals surface area contributed by atoms with Crippen molar-refractivity contribution in [3.63, 3.8) is 0 Å². The highest BCUT2D eigenvalue weighted by molar-refractivity contribution is 5.95. The van der Waals surface area contributed by atoms with Crippen LogP contribution in [-0.4, -0.2) is 83.9 Å². The number of rotatable bonds is 18. The Kier molecular flexibility index (Phi) is 16.6. The second kappa shape index (κ2) is 18.1. The van der Waals surface area contributed by atoms with Crippen LogP contribution in [0.25, 0.3) is 0 Å². The number of nitrogens with two attached hydrogens (primary N) is 2. The van der Waals surface area contributed by atoms with E-state index < -0.39 is 72.3 Å². The smallest absolute Gasteiger partial charge is 0.326 e. The molecule has 0 aromatic heterocycles. The molecule has 6 atom stereocenters. The Balaban J connectivity index is 5.11. The van der Waals surface area contributed by atoms with Crippen molar-refractivity contribution in [1.29, 1.82) is 0 Å². The number of carbonyl (C=O) groups excluding carboxylic acids is 5. The summed E-state index contributed by atoms with van der Waals surface area (Å²) < 4.78 is 0. The Morgan fingerprint density at radius 2 is 1.33 bits per heavy atom. The molecule has 0 saturated carbocycles. The van der Waals surface area contributed by atoms with E-state index in [1.54, 1.807) is 20.8 Å². The minimum Gasteiger partial charge on any atom is -0.480 e. The van der Waals surface area contributed by atoms with Gasteiger partial charge in [0.1, 0.15) is 24.2 Å². The molecule has 0 aromatic rings. The first-order valence-electron chi connectivity index (χ1n) is 13.3. The SMILES string of the molecule is CC[C@H](C)[C@H](NC(=O)[C@H](C)N)C(=O)N[C@H](C(=O)N[C@@H](C)C(=O)NCC(=O)N[C@@H](CCCCN)C(=O)O)C(C)C. The Morgan fingerprint density at radius 1 is 0.769 bits per heavy atom. The molecule has 0 radical (unpaired) electrons. The molecule has 0 rings (SSSR count). The van der Waals surface area contributed by atoms with Crippen molar-refractivity contribution in [2.24, 2.45) is 23.3 Å². The van der Waals surface area contributed by atoms with E-state index in [1.807, 2.05) is 6.92 Å². The van der Waals surface area contributed by atoms with E-state index in [4.69, 9.17) is 11.5 Å². The van der Waals surface area contributed by atoms with Crippen molar-refractivity contribution in [1.82, 2.24) is 26.6 Å². The third-order valence-electron chi connectivity index (χ3n) is 6.21. The predicted molar refractivity (Wildman–Crippen MR) is 145 cm³/mol. The maximum atomic E-state index is 13.0. The van der Waals surface area contributed by atoms with Crippen LogP contribution in [0, 0.1) is 11.8 Å². The van der Waals surface area contributed by atoms with E-state index in [0.717, 1.165) is 0 Å². The average molecular weight is 558 g/mol. The molecule has 14 nitrogen and oxygen atoms in total. The molecule has 224 valence electrons. The highest BCUT2D eigenvalue weighted by Gasteiger charge is 2.32. The van der Waals surface area contributed by atoms with Gasteiger partial charge in [-0.2, -0.15) is 0 Å². The van der Waals surface area contributed by atoms with Crippen LogP contribution in [0.1, 0.15) is 67.2 Å². The Labute approximate surface area is 230 Å². The van der Waals surface area contributed by atoms with Crippen LogP contribution in [0.2, 0.25) is 0 Å². The van der Waals surface area contributed by atoms with Gasteiger partial charge in [-0.05, 0) is 51.5 Å². The Bertz CT molecular complexity index is 851. The maximum Gasteiger partial charge on any atom is 0.326 e. The summed E-state index contributed by atoms with van der Waals surface area (Å²) in [6.07, 6.45) is 1.92. The molecule has 0 unspecified atom stereocenters. The molecule has 10 N–H and O–H groups in total. The van der Waals surface area contributed by atoms with E-state index in [2.05, 4.69) is 26.6 Å². The van der Waals surface area contributed by atoms with Gasteiger partial charge in [0.05, 0.1) is 12.6 Å². The van der Waals surface area contributed by atoms with Crippen molar-refractivity contribution in [3.8, 4) is 0 Å². The van der Waals surface area contributed by atoms with E-state index in [0.29, 0.717) is 25.8 Å². The molecule has 0 saturated heterocycles. The molecule has 0 spiro atoms. The van der Waals surface area contributed by atoms with E-state index >= 15 is 0 Å². The van der Waals surface area contributed by atoms with Crippen molar-refractivity contribution < 1.29 is 33.9 Å². The van der Waals surface area contributed by atoms with Crippen molar-refractivity contribution >= 4 is 35.5 Å². The van der Waals surface area contributed by atoms with Gasteiger partial charge in [0.2, 0.25) is 29.5 Å². The maximum absolute atomic E-state index is 13.0. The molecule has 0 aromatic carbocycles. The normalized spacial score (nSPS) is 15.6. The average Bonchev–Trinajstić information content (AvgIpc) is 2.86. The van der Waals surface area contributed by atoms with E-state index in [1.165, 1.54) is 13.8 Å². The molecular formula is C25H47N7O7. The second-order valence-electron chi connectivity index (χ2n) is 10.1. The zero-order valence-corrected chi connectivity index (χ0v) is 23.8. The summed E-state index contributed by atoms with van der Waals surface area (Å²) in [6, 6.07) is -4.91. The van der Waals surface area contributed by atoms with Crippen LogP contribution >= 0.6 is 0 Å². The second-order valence-corrected chi connectivity index (χ2v) is 10.1. The first-order chi connectivity index (χ1) is 18.2. The number of carboxylic acid groups (broad SMARTS) is 1. The Hall–Kier alpha value is -3.26. The molecule has 0 bridgehead atoms. The third-order valence-corrected chi connectivity index (χ3v) is 6.21. The van der Waals surface area contributed by atoms with Gasteiger partial charge in [-0.25, -0.2) is 4.79 Å². The number of aliphatic carboxylic acids is 1. The van der Waals surface area contributed by atoms with Gasteiger partial charge < -0.3 is 43.2 Å². The lowest BCUT2D eigenvalue weighted by Gasteiger charge is -2.29. The Morgan fingerprint density at radius 3 is 1.82 bits per heavy atom. The molecule has 0 heterocycles. The number of carbonyl (C=O) groups is 6. The summed E-state index contributed by atoms with van der Waals surface area (Å²) >= 11 is 0. The number of hydrogen-bond donors (Lipinski definition) is 8. The van der Waals surface area contributed by atoms with Gasteiger partial charge in [0.15, 0.2) is 0 Å². The predicted octanol–water partition coefficient (Wildman–Crippen LogP) is -1.68. The van der Waals surface area contributed by atoms with Crippen LogP contribution in [0.3, 0.4) is 0 Å². The van der Waals surface area contributed by atoms with Crippen LogP contribution in [-0.2, 0) is 28.8 Å². The summed E-state index contributed by atoms with van der Waals surface area (Å²) in [5.41, 5.74) is 11.0. The fourth-order valence-electron chi connectivity index (χ4n) is 3.45. The minimum absolute atomic E-state index is 0.202. The molecule has 0 aliphatic carbocycles. The topological polar surface area (TPSA) is 235 Å². The molecular weight excluding hydrogens is 510 g/mol. The van der Waals surface area contributed by atoms with Gasteiger partial charge in [-0.3, -0.25) is 24.0 Å². The summed E-state index contributed by atoms with van der Waals surface area (Å²) in [7, 11) is 0. The van der Waals surface area contributed by atoms with E-state index in [-0.39, 0.29) is 18.3 Å². The van der Waals surface area contributed by atoms with Crippen LogP contribution in [0.5, 0.6) is 0 Å². The monoisotopic (exact) mass is 557 g/mol. The van der Waals surface area contributed by atoms with Crippen molar-refractivity contribution in [2.75, 3.05) is 13.1 Å². The lowest BCUT2D eigenvalue weighted by molar-refractivity contribution is -0.142. The zero-order chi connectivity index (χ0) is 30.3. The fraction of sp³-hybridized carbons (Fsp3) is 0.760. The fourth-order valence-corrected chi connectivity index (χ4v) is 3.45. The summed E-state index contributed by atoms with van der Waals surface area (Å²) in [4.78, 5) is 74.0. The van der Waals surface area contributed by atoms with Gasteiger partial charge in [0, 0.05) is 0 Å². The standard InChI is InChI=1S/C25H47N7O7/c1-7-14(4)20(32-21(34)15(5)27)24(37)31-19(13(2)3)23(36)29-16(6)22(35)28-12-18(33)30-17(25(38)39)10-8-9-11-26/h13-17,19-20H,7-12,26-27H2,1-6H3,(H,28,35)(H,29,36)(H,30,33)(H,31,37)(H,32,34)(H,38,39)/t14-,15-,16-,17-,19-,20-/m0/s1. The summed E-state index contributed by atoms with van der Waals surface area (Å²) in [6.45, 7) is 9.90. The largest absolute Gasteiger partial charge is 0.480 e. The van der Waals surface area contributed by atoms with Gasteiger partial charge in [-0.15, -0.1) is 0 Å². The highest BCUT2D eigenvalue weighted by atomic mass is 16.4. The number of hydrogen-bond acceptors (Lipinski definition) is 8. The van der Waals surface area contributed by atoms with Gasteiger partial charge >= 0.3 is 5.97 Å². The number of amides is 5. The third kappa shape index (κ3) is 13.4. The molecule has 0 aliphatic heterocycles. The lowest BCUT2D eigenvalue weighted by atomic mass is 9.96. The summed E-state index contributed by atoms with van der Waals surface area (Å²) in [5.74, 6) is -4.84. The van der Waals surface area contributed by atoms with Gasteiger partial charge in [0.25, 0.3) is 0 Å². The lowest BCUT2D eigenvalue weighted by Crippen LogP contribution is -2.60. The molecule has 5 amide bonds. The zero-order valence-electron chi connectivity index (χ0n) is 23.8. The van der Waals surface area contributed by atoms with Crippen LogP contribution in [0.4, 0.5) is 0 Å². The van der Waals surface area contributed by atoms with Crippen molar-refractivity contribution in [3.05, 3.63) is 0 Å². The molecule has 14 heteroatoms. The number of carboxylic acids is 1. The first kappa shape index (κ1) is 35.7. The van der Waals surface area contributed by atoms with E-state index in [9.17, 15) is 33.9 Å². The van der Waals surface area contributed by atoms with Crippen molar-refractivity contribution in [2.45, 2.75) is 97.4 Å². The minimum atomic E-state index is -1.19. The first-order valence-corrected chi connectivity index (χ1v) is 13.3. The number of unbranched alkanes of at least 4 members (excludes halogenated alkanes) is 1. The molecule has 0 aliphatic rings. The molecule has 0 fully saturated rings. The quantitative estimate of drug-likeness (QED) is 0.0898.